The molecule has 3 rings (SSSR count). The summed E-state index contributed by atoms with van der Waals surface area (Å²) in [5.41, 5.74) is -0.635. The van der Waals surface area contributed by atoms with Gasteiger partial charge in [-0.05, 0) is 24.5 Å². The molecular weight excluding hydrogens is 605 g/mol. The normalized spacial score (nSPS) is 17.1. The van der Waals surface area contributed by atoms with E-state index in [1.807, 2.05) is 33.8 Å². The summed E-state index contributed by atoms with van der Waals surface area (Å²) in [5, 5.41) is 14.4. The van der Waals surface area contributed by atoms with E-state index >= 15 is 0 Å². The van der Waals surface area contributed by atoms with Crippen molar-refractivity contribution in [3.05, 3.63) is 41.8 Å². The van der Waals surface area contributed by atoms with Gasteiger partial charge in [0, 0.05) is 23.7 Å². The van der Waals surface area contributed by atoms with Crippen molar-refractivity contribution < 1.29 is 47.3 Å². The second kappa shape index (κ2) is 13.2. The zero-order chi connectivity index (χ0) is 26.5. The second-order valence-electron chi connectivity index (χ2n) is 10.8. The number of halogens is 1. The molecule has 1 aliphatic heterocycles. The van der Waals surface area contributed by atoms with Crippen LogP contribution in [0.25, 0.3) is 0 Å². The van der Waals surface area contributed by atoms with Crippen molar-refractivity contribution in [1.82, 2.24) is 20.8 Å². The van der Waals surface area contributed by atoms with Crippen molar-refractivity contribution in [3.8, 4) is 0 Å². The predicted octanol–water partition coefficient (Wildman–Crippen LogP) is 0.327. The van der Waals surface area contributed by atoms with Gasteiger partial charge in [0.15, 0.2) is 0 Å². The topological polar surface area (TPSA) is 114 Å². The van der Waals surface area contributed by atoms with Crippen molar-refractivity contribution in [1.29, 1.82) is 0 Å². The number of thioether (sulfide) groups is 1. The Balaban J connectivity index is 0.00000481. The Bertz CT molecular complexity index is 1060. The average molecular weight is 644 g/mol. The third-order valence-electron chi connectivity index (χ3n) is 6.39. The smallest absolute Gasteiger partial charge is 0.286 e. The molecule has 11 heteroatoms. The Morgan fingerprint density at radius 2 is 1.68 bits per heavy atom. The molecule has 1 aromatic carbocycles. The van der Waals surface area contributed by atoms with Crippen molar-refractivity contribution in [2.45, 2.75) is 69.0 Å². The summed E-state index contributed by atoms with van der Waals surface area (Å²) >= 11 is 1.37. The molecule has 2 N–H and O–H groups in total. The van der Waals surface area contributed by atoms with Crippen molar-refractivity contribution in [3.63, 3.8) is 0 Å². The van der Waals surface area contributed by atoms with Gasteiger partial charge in [-0.3, -0.25) is 14.4 Å². The highest BCUT2D eigenvalue weighted by atomic mass is 127. The van der Waals surface area contributed by atoms with Crippen LogP contribution < -0.4 is 34.6 Å². The first kappa shape index (κ1) is 31.2. The fourth-order valence-electron chi connectivity index (χ4n) is 4.22. The standard InChI is InChI=1S/C26H37N5O4S.HI/c1-17(2)16-20(21(32)23-29-30-25(35-23)36-18(3)4)27-24(34)26(12-14-31(5,6)15-13-26)28-22(33)19-10-8-7-9-11-19;/h7-11,17-18,20H,12-16H2,1-6H3,(H-,27,28,33,34);1H/t20-;/m0./s1. The zero-order valence-electron chi connectivity index (χ0n) is 22.4. The molecule has 0 saturated carbocycles. The summed E-state index contributed by atoms with van der Waals surface area (Å²) in [7, 11) is 4.21. The van der Waals surface area contributed by atoms with Crippen LogP contribution in [0.4, 0.5) is 0 Å². The van der Waals surface area contributed by atoms with E-state index in [1.165, 1.54) is 11.8 Å². The third kappa shape index (κ3) is 8.51. The Morgan fingerprint density at radius 3 is 2.24 bits per heavy atom. The minimum atomic E-state index is -1.12. The van der Waals surface area contributed by atoms with Gasteiger partial charge in [-0.2, -0.15) is 0 Å². The molecule has 2 aromatic rings. The van der Waals surface area contributed by atoms with Gasteiger partial charge >= 0.3 is 0 Å². The highest BCUT2D eigenvalue weighted by molar-refractivity contribution is 7.99. The van der Waals surface area contributed by atoms with E-state index < -0.39 is 17.4 Å². The number of carbonyl (C=O) groups excluding carboxylic acids is 3. The number of hydrogen-bond donors (Lipinski definition) is 2. The van der Waals surface area contributed by atoms with Crippen molar-refractivity contribution in [2.24, 2.45) is 5.92 Å². The number of aromatic nitrogens is 2. The summed E-state index contributed by atoms with van der Waals surface area (Å²) in [5.74, 6) is -1.08. The average Bonchev–Trinajstić information content (AvgIpc) is 3.27. The number of hydrogen-bond acceptors (Lipinski definition) is 7. The fourth-order valence-corrected chi connectivity index (χ4v) is 4.84. The summed E-state index contributed by atoms with van der Waals surface area (Å²) < 4.78 is 6.34. The molecule has 1 aromatic heterocycles. The van der Waals surface area contributed by atoms with Gasteiger partial charge in [0.25, 0.3) is 17.0 Å². The van der Waals surface area contributed by atoms with E-state index in [0.717, 1.165) is 4.48 Å². The minimum absolute atomic E-state index is 0. The molecule has 2 amide bonds. The molecule has 1 saturated heterocycles. The highest BCUT2D eigenvalue weighted by Crippen LogP contribution is 2.27. The van der Waals surface area contributed by atoms with Crippen LogP contribution in [0.15, 0.2) is 40.0 Å². The third-order valence-corrected chi connectivity index (χ3v) is 7.23. The Kier molecular flexibility index (Phi) is 11.1. The molecule has 0 unspecified atom stereocenters. The van der Waals surface area contributed by atoms with Gasteiger partial charge in [0.05, 0.1) is 33.2 Å². The predicted molar refractivity (Wildman–Crippen MR) is 139 cm³/mol. The van der Waals surface area contributed by atoms with Crippen LogP contribution in [0.3, 0.4) is 0 Å². The maximum absolute atomic E-state index is 13.8. The quantitative estimate of drug-likeness (QED) is 0.166. The van der Waals surface area contributed by atoms with E-state index in [1.54, 1.807) is 24.3 Å². The fraction of sp³-hybridized carbons (Fsp3) is 0.577. The van der Waals surface area contributed by atoms with E-state index in [-0.39, 0.29) is 52.8 Å². The van der Waals surface area contributed by atoms with Crippen LogP contribution in [-0.2, 0) is 4.79 Å². The van der Waals surface area contributed by atoms with Gasteiger partial charge in [-0.1, -0.05) is 57.7 Å². The summed E-state index contributed by atoms with van der Waals surface area (Å²) in [6.45, 7) is 9.37. The highest BCUT2D eigenvalue weighted by Gasteiger charge is 2.47. The Hall–Kier alpha value is -1.99. The number of nitrogens with one attached hydrogen (secondary N) is 2. The van der Waals surface area contributed by atoms with Crippen LogP contribution in [0.1, 0.15) is 68.0 Å². The van der Waals surface area contributed by atoms with Crippen LogP contribution in [-0.4, -0.2) is 76.3 Å². The number of piperidine rings is 1. The van der Waals surface area contributed by atoms with Crippen molar-refractivity contribution in [2.75, 3.05) is 27.2 Å². The van der Waals surface area contributed by atoms with Crippen LogP contribution in [0.5, 0.6) is 0 Å². The maximum Gasteiger partial charge on any atom is 0.286 e. The molecule has 0 radical (unpaired) electrons. The number of amides is 2. The van der Waals surface area contributed by atoms with E-state index in [2.05, 4.69) is 34.9 Å². The number of likely N-dealkylation sites (tertiary alicyclic amines) is 1. The minimum Gasteiger partial charge on any atom is -1.00 e. The number of rotatable bonds is 10. The number of quaternary nitrogens is 1. The molecule has 0 aliphatic carbocycles. The molecule has 0 spiro atoms. The molecular formula is C26H38IN5O4S. The first-order valence-corrected chi connectivity index (χ1v) is 13.3. The lowest BCUT2D eigenvalue weighted by atomic mass is 9.84. The van der Waals surface area contributed by atoms with Gasteiger partial charge in [0.2, 0.25) is 11.7 Å². The number of Topliss-reactive ketones (excluding diaryl/α,β-unsaturated/α-hetero) is 1. The molecule has 1 atom stereocenters. The van der Waals surface area contributed by atoms with Crippen LogP contribution in [0.2, 0.25) is 0 Å². The molecule has 9 nitrogen and oxygen atoms in total. The molecule has 1 aliphatic rings. The summed E-state index contributed by atoms with van der Waals surface area (Å²) in [4.78, 5) is 40.3. The molecule has 204 valence electrons. The largest absolute Gasteiger partial charge is 1.00 e. The Labute approximate surface area is 240 Å². The summed E-state index contributed by atoms with van der Waals surface area (Å²) in [6, 6.07) is 8.01. The molecule has 2 heterocycles. The second-order valence-corrected chi connectivity index (χ2v) is 12.4. The number of carbonyl (C=O) groups is 3. The maximum atomic E-state index is 13.8. The van der Waals surface area contributed by atoms with Gasteiger partial charge in [-0.15, -0.1) is 10.2 Å². The number of benzene rings is 1. The first-order chi connectivity index (χ1) is 16.9. The molecule has 37 heavy (non-hydrogen) atoms. The first-order valence-electron chi connectivity index (χ1n) is 12.5. The van der Waals surface area contributed by atoms with E-state index in [0.29, 0.717) is 43.1 Å². The lowest BCUT2D eigenvalue weighted by Gasteiger charge is -2.44. The Morgan fingerprint density at radius 1 is 1.05 bits per heavy atom. The monoisotopic (exact) mass is 643 g/mol. The lowest BCUT2D eigenvalue weighted by Crippen LogP contribution is -3.00. The van der Waals surface area contributed by atoms with Gasteiger partial charge in [-0.25, -0.2) is 0 Å². The number of ketones is 1. The van der Waals surface area contributed by atoms with Crippen molar-refractivity contribution >= 4 is 29.4 Å². The SMILES string of the molecule is CC(C)C[C@H](NC(=O)C1(NC(=O)c2ccccc2)CC[N+](C)(C)CC1)C(=O)c1nnc(SC(C)C)o1.[I-]. The number of nitrogens with zero attached hydrogens (tertiary/aromatic N) is 3. The van der Waals surface area contributed by atoms with E-state index in [4.69, 9.17) is 4.42 Å². The molecule has 1 fully saturated rings. The van der Waals surface area contributed by atoms with Crippen LogP contribution in [0, 0.1) is 5.92 Å². The molecule has 0 bridgehead atoms. The zero-order valence-corrected chi connectivity index (χ0v) is 25.4. The van der Waals surface area contributed by atoms with Gasteiger partial charge < -0.3 is 43.5 Å². The van der Waals surface area contributed by atoms with Crippen LogP contribution >= 0.6 is 11.8 Å². The van der Waals surface area contributed by atoms with E-state index in [9.17, 15) is 14.4 Å². The van der Waals surface area contributed by atoms with Gasteiger partial charge in [0.1, 0.15) is 5.54 Å². The lowest BCUT2D eigenvalue weighted by molar-refractivity contribution is -0.896. The summed E-state index contributed by atoms with van der Waals surface area (Å²) in [6.07, 6.45) is 1.33.